The van der Waals surface area contributed by atoms with Crippen LogP contribution in [0, 0.1) is 5.41 Å². The monoisotopic (exact) mass is 337 g/mol. The van der Waals surface area contributed by atoms with Crippen LogP contribution in [0.15, 0.2) is 60.7 Å². The Morgan fingerprint density at radius 1 is 0.760 bits per heavy atom. The molecule has 0 aliphatic rings. The standard InChI is InChI=1S/C22H30.CHNO/c1-2-3-4-5-6-7-14-19-22(20-15-10-8-11-16-20)21-17-12-9-13-18-21;2-1-3/h8-13,15-18,22H,2-7,14,19H2,1H3;2H. The molecule has 2 aromatic rings. The predicted molar refractivity (Wildman–Crippen MR) is 106 cm³/mol. The molecule has 0 bridgehead atoms. The molecule has 2 nitrogen and oxygen atoms in total. The number of carbonyl (C=O) groups excluding carboxylic acids is 1. The first kappa shape index (κ1) is 20.9. The Hall–Kier alpha value is -2.18. The highest BCUT2D eigenvalue weighted by Crippen LogP contribution is 2.29. The lowest BCUT2D eigenvalue weighted by atomic mass is 9.87. The van der Waals surface area contributed by atoms with Crippen molar-refractivity contribution in [1.29, 1.82) is 5.41 Å². The summed E-state index contributed by atoms with van der Waals surface area (Å²) < 4.78 is 0. The summed E-state index contributed by atoms with van der Waals surface area (Å²) in [6.07, 6.45) is 11.7. The highest BCUT2D eigenvalue weighted by atomic mass is 16.1. The van der Waals surface area contributed by atoms with Crippen LogP contribution in [-0.2, 0) is 4.79 Å². The van der Waals surface area contributed by atoms with Crippen LogP contribution in [-0.4, -0.2) is 6.08 Å². The normalized spacial score (nSPS) is 10.0. The second-order valence-electron chi connectivity index (χ2n) is 6.39. The maximum absolute atomic E-state index is 8.35. The average Bonchev–Trinajstić information content (AvgIpc) is 2.66. The lowest BCUT2D eigenvalue weighted by Gasteiger charge is -2.18. The van der Waals surface area contributed by atoms with E-state index in [0.717, 1.165) is 6.08 Å². The Balaban J connectivity index is 0.000000970. The molecule has 0 aromatic heterocycles. The van der Waals surface area contributed by atoms with Crippen molar-refractivity contribution in [3.8, 4) is 0 Å². The summed E-state index contributed by atoms with van der Waals surface area (Å²) in [7, 11) is 0. The van der Waals surface area contributed by atoms with Gasteiger partial charge in [-0.15, -0.1) is 0 Å². The number of isocyanates is 1. The number of benzene rings is 2. The molecule has 2 aromatic carbocycles. The first-order valence-electron chi connectivity index (χ1n) is 9.47. The molecule has 0 saturated heterocycles. The van der Waals surface area contributed by atoms with E-state index in [-0.39, 0.29) is 0 Å². The zero-order valence-corrected chi connectivity index (χ0v) is 15.4. The summed E-state index contributed by atoms with van der Waals surface area (Å²) in [5, 5.41) is 5.40. The molecule has 0 fully saturated rings. The minimum absolute atomic E-state index is 0.554. The van der Waals surface area contributed by atoms with E-state index in [0.29, 0.717) is 5.92 Å². The molecule has 0 saturated carbocycles. The molecule has 2 rings (SSSR count). The smallest absolute Gasteiger partial charge is 0.222 e. The summed E-state index contributed by atoms with van der Waals surface area (Å²) >= 11 is 0. The molecule has 25 heavy (non-hydrogen) atoms. The largest absolute Gasteiger partial charge is 0.231 e. The molecule has 2 heteroatoms. The summed E-state index contributed by atoms with van der Waals surface area (Å²) in [6, 6.07) is 22.0. The Labute approximate surface area is 152 Å². The van der Waals surface area contributed by atoms with Gasteiger partial charge in [-0.2, -0.15) is 0 Å². The summed E-state index contributed by atoms with van der Waals surface area (Å²) in [6.45, 7) is 2.28. The molecule has 0 aliphatic heterocycles. The third-order valence-electron chi connectivity index (χ3n) is 4.50. The van der Waals surface area contributed by atoms with Crippen LogP contribution >= 0.6 is 0 Å². The van der Waals surface area contributed by atoms with E-state index in [1.807, 2.05) is 0 Å². The lowest BCUT2D eigenvalue weighted by molar-refractivity contribution is 0.559. The van der Waals surface area contributed by atoms with Gasteiger partial charge in [-0.3, -0.25) is 0 Å². The van der Waals surface area contributed by atoms with Gasteiger partial charge in [-0.25, -0.2) is 10.2 Å². The van der Waals surface area contributed by atoms with Crippen molar-refractivity contribution in [1.82, 2.24) is 0 Å². The second-order valence-corrected chi connectivity index (χ2v) is 6.39. The fourth-order valence-electron chi connectivity index (χ4n) is 3.20. The zero-order valence-electron chi connectivity index (χ0n) is 15.4. The summed E-state index contributed by atoms with van der Waals surface area (Å²) in [5.74, 6) is 0.554. The predicted octanol–water partition coefficient (Wildman–Crippen LogP) is 6.86. The Morgan fingerprint density at radius 2 is 1.16 bits per heavy atom. The van der Waals surface area contributed by atoms with Crippen LogP contribution in [0.4, 0.5) is 0 Å². The average molecular weight is 338 g/mol. The molecule has 0 atom stereocenters. The van der Waals surface area contributed by atoms with Crippen LogP contribution in [0.5, 0.6) is 0 Å². The van der Waals surface area contributed by atoms with E-state index >= 15 is 0 Å². The number of rotatable bonds is 10. The highest BCUT2D eigenvalue weighted by Gasteiger charge is 2.13. The van der Waals surface area contributed by atoms with E-state index < -0.39 is 0 Å². The van der Waals surface area contributed by atoms with E-state index in [2.05, 4.69) is 67.6 Å². The zero-order chi connectivity index (χ0) is 18.2. The molecule has 0 amide bonds. The van der Waals surface area contributed by atoms with Crippen LogP contribution < -0.4 is 0 Å². The van der Waals surface area contributed by atoms with Gasteiger partial charge in [0.05, 0.1) is 0 Å². The second kappa shape index (κ2) is 14.2. The molecule has 0 heterocycles. The van der Waals surface area contributed by atoms with E-state index in [1.54, 1.807) is 0 Å². The van der Waals surface area contributed by atoms with Gasteiger partial charge in [0.15, 0.2) is 0 Å². The minimum atomic E-state index is 0.554. The van der Waals surface area contributed by atoms with Crippen LogP contribution in [0.25, 0.3) is 0 Å². The van der Waals surface area contributed by atoms with Crippen molar-refractivity contribution in [3.63, 3.8) is 0 Å². The van der Waals surface area contributed by atoms with Gasteiger partial charge in [0.1, 0.15) is 0 Å². The van der Waals surface area contributed by atoms with Crippen LogP contribution in [0.1, 0.15) is 75.3 Å². The van der Waals surface area contributed by atoms with E-state index in [9.17, 15) is 0 Å². The van der Waals surface area contributed by atoms with Gasteiger partial charge in [0.25, 0.3) is 0 Å². The SMILES string of the molecule is CCCCCCCCCC(c1ccccc1)c1ccccc1.N=C=O. The van der Waals surface area contributed by atoms with Crippen molar-refractivity contribution in [3.05, 3.63) is 71.8 Å². The molecule has 1 N–H and O–H groups in total. The lowest BCUT2D eigenvalue weighted by Crippen LogP contribution is -2.01. The number of unbranched alkanes of at least 4 members (excludes halogenated alkanes) is 6. The number of nitrogens with one attached hydrogen (secondary N) is 1. The van der Waals surface area contributed by atoms with E-state index in [4.69, 9.17) is 10.2 Å². The minimum Gasteiger partial charge on any atom is -0.222 e. The van der Waals surface area contributed by atoms with Crippen molar-refractivity contribution in [2.24, 2.45) is 0 Å². The third-order valence-corrected chi connectivity index (χ3v) is 4.50. The number of hydrogen-bond donors (Lipinski definition) is 1. The van der Waals surface area contributed by atoms with Crippen molar-refractivity contribution in [2.75, 3.05) is 0 Å². The Morgan fingerprint density at radius 3 is 1.60 bits per heavy atom. The van der Waals surface area contributed by atoms with Gasteiger partial charge < -0.3 is 0 Å². The van der Waals surface area contributed by atoms with Gasteiger partial charge in [0, 0.05) is 5.92 Å². The molecular weight excluding hydrogens is 306 g/mol. The molecular formula is C23H31NO. The maximum Gasteiger partial charge on any atom is 0.231 e. The highest BCUT2D eigenvalue weighted by molar-refractivity contribution is 5.32. The topological polar surface area (TPSA) is 40.9 Å². The maximum atomic E-state index is 8.35. The Bertz CT molecular complexity index is 534. The first-order valence-corrected chi connectivity index (χ1v) is 9.47. The van der Waals surface area contributed by atoms with Crippen LogP contribution in [0.2, 0.25) is 0 Å². The van der Waals surface area contributed by atoms with Crippen LogP contribution in [0.3, 0.4) is 0 Å². The van der Waals surface area contributed by atoms with Gasteiger partial charge in [0.2, 0.25) is 6.08 Å². The quantitative estimate of drug-likeness (QED) is 0.287. The molecule has 0 unspecified atom stereocenters. The summed E-state index contributed by atoms with van der Waals surface area (Å²) in [5.41, 5.74) is 2.92. The Kier molecular flexibility index (Phi) is 11.8. The van der Waals surface area contributed by atoms with E-state index in [1.165, 1.54) is 62.5 Å². The van der Waals surface area contributed by atoms with Crippen molar-refractivity contribution < 1.29 is 4.79 Å². The van der Waals surface area contributed by atoms with Crippen molar-refractivity contribution in [2.45, 2.75) is 64.2 Å². The fourth-order valence-corrected chi connectivity index (χ4v) is 3.20. The first-order chi connectivity index (χ1) is 12.3. The molecule has 134 valence electrons. The fraction of sp³-hybridized carbons (Fsp3) is 0.435. The third kappa shape index (κ3) is 9.02. The van der Waals surface area contributed by atoms with Gasteiger partial charge >= 0.3 is 0 Å². The van der Waals surface area contributed by atoms with Gasteiger partial charge in [-0.05, 0) is 17.5 Å². The molecule has 0 aliphatic carbocycles. The van der Waals surface area contributed by atoms with Gasteiger partial charge in [-0.1, -0.05) is 113 Å². The molecule has 0 spiro atoms. The molecule has 0 radical (unpaired) electrons. The van der Waals surface area contributed by atoms with Crippen molar-refractivity contribution >= 4 is 6.08 Å². The summed E-state index contributed by atoms with van der Waals surface area (Å²) in [4.78, 5) is 8.35. The number of hydrogen-bond acceptors (Lipinski definition) is 2.